The zero-order valence-corrected chi connectivity index (χ0v) is 10.7. The summed E-state index contributed by atoms with van der Waals surface area (Å²) >= 11 is 0. The van der Waals surface area contributed by atoms with Crippen molar-refractivity contribution >= 4 is 0 Å². The van der Waals surface area contributed by atoms with Crippen LogP contribution in [-0.2, 0) is 6.54 Å². The van der Waals surface area contributed by atoms with E-state index in [1.165, 1.54) is 0 Å². The SMILES string of the molecule is Cc1ccnc(OC(C)CC(C)C)c1CN. The number of nitrogens with two attached hydrogens (primary N) is 1. The molecule has 2 N–H and O–H groups in total. The van der Waals surface area contributed by atoms with Crippen molar-refractivity contribution in [1.82, 2.24) is 4.98 Å². The maximum Gasteiger partial charge on any atom is 0.218 e. The van der Waals surface area contributed by atoms with Crippen LogP contribution < -0.4 is 10.5 Å². The van der Waals surface area contributed by atoms with Gasteiger partial charge in [-0.2, -0.15) is 0 Å². The Balaban J connectivity index is 2.76. The fraction of sp³-hybridized carbons (Fsp3) is 0.615. The van der Waals surface area contributed by atoms with Crippen LogP contribution in [0.2, 0.25) is 0 Å². The first-order valence-electron chi connectivity index (χ1n) is 5.85. The molecule has 1 aromatic rings. The molecule has 0 fully saturated rings. The van der Waals surface area contributed by atoms with E-state index in [-0.39, 0.29) is 6.10 Å². The Kier molecular flexibility index (Phi) is 4.74. The van der Waals surface area contributed by atoms with Crippen molar-refractivity contribution in [2.45, 2.75) is 46.8 Å². The first-order chi connectivity index (χ1) is 7.54. The lowest BCUT2D eigenvalue weighted by Gasteiger charge is -2.18. The van der Waals surface area contributed by atoms with Crippen LogP contribution >= 0.6 is 0 Å². The van der Waals surface area contributed by atoms with Crippen LogP contribution in [-0.4, -0.2) is 11.1 Å². The Bertz CT molecular complexity index is 337. The predicted molar refractivity (Wildman–Crippen MR) is 66.4 cm³/mol. The molecule has 1 unspecified atom stereocenters. The zero-order valence-electron chi connectivity index (χ0n) is 10.7. The molecule has 0 amide bonds. The summed E-state index contributed by atoms with van der Waals surface area (Å²) < 4.78 is 5.84. The number of nitrogens with zero attached hydrogens (tertiary/aromatic N) is 1. The van der Waals surface area contributed by atoms with Gasteiger partial charge < -0.3 is 10.5 Å². The summed E-state index contributed by atoms with van der Waals surface area (Å²) in [5, 5.41) is 0. The zero-order chi connectivity index (χ0) is 12.1. The van der Waals surface area contributed by atoms with Gasteiger partial charge in [-0.1, -0.05) is 13.8 Å². The van der Waals surface area contributed by atoms with Gasteiger partial charge in [-0.15, -0.1) is 0 Å². The summed E-state index contributed by atoms with van der Waals surface area (Å²) in [5.41, 5.74) is 7.86. The molecule has 3 heteroatoms. The third kappa shape index (κ3) is 3.49. The molecule has 0 radical (unpaired) electrons. The highest BCUT2D eigenvalue weighted by atomic mass is 16.5. The van der Waals surface area contributed by atoms with Crippen LogP contribution in [0, 0.1) is 12.8 Å². The van der Waals surface area contributed by atoms with Gasteiger partial charge in [-0.3, -0.25) is 0 Å². The number of aromatic nitrogens is 1. The molecule has 0 bridgehead atoms. The smallest absolute Gasteiger partial charge is 0.218 e. The van der Waals surface area contributed by atoms with Gasteiger partial charge in [0.05, 0.1) is 6.10 Å². The van der Waals surface area contributed by atoms with Crippen molar-refractivity contribution < 1.29 is 4.74 Å². The van der Waals surface area contributed by atoms with Crippen molar-refractivity contribution in [3.63, 3.8) is 0 Å². The van der Waals surface area contributed by atoms with E-state index < -0.39 is 0 Å². The molecule has 1 rings (SSSR count). The molecule has 0 saturated heterocycles. The van der Waals surface area contributed by atoms with Gasteiger partial charge in [0.25, 0.3) is 0 Å². The standard InChI is InChI=1S/C13H22N2O/c1-9(2)7-11(4)16-13-12(8-14)10(3)5-6-15-13/h5-6,9,11H,7-8,14H2,1-4H3. The second-order valence-corrected chi connectivity index (χ2v) is 4.67. The maximum absolute atomic E-state index is 5.84. The second kappa shape index (κ2) is 5.85. The molecule has 1 atom stereocenters. The Hall–Kier alpha value is -1.09. The van der Waals surface area contributed by atoms with Crippen molar-refractivity contribution in [3.05, 3.63) is 23.4 Å². The average Bonchev–Trinajstić information content (AvgIpc) is 2.16. The first-order valence-corrected chi connectivity index (χ1v) is 5.85. The first kappa shape index (κ1) is 13.0. The fourth-order valence-corrected chi connectivity index (χ4v) is 1.82. The topological polar surface area (TPSA) is 48.1 Å². The van der Waals surface area contributed by atoms with Gasteiger partial charge in [0, 0.05) is 18.3 Å². The normalized spacial score (nSPS) is 12.9. The van der Waals surface area contributed by atoms with E-state index in [0.29, 0.717) is 18.3 Å². The minimum Gasteiger partial charge on any atom is -0.474 e. The van der Waals surface area contributed by atoms with Crippen molar-refractivity contribution in [3.8, 4) is 5.88 Å². The molecular weight excluding hydrogens is 200 g/mol. The number of rotatable bonds is 5. The molecule has 0 aliphatic rings. The van der Waals surface area contributed by atoms with Gasteiger partial charge in [-0.05, 0) is 37.8 Å². The summed E-state index contributed by atoms with van der Waals surface area (Å²) in [6.07, 6.45) is 2.98. The quantitative estimate of drug-likeness (QED) is 0.833. The summed E-state index contributed by atoms with van der Waals surface area (Å²) in [6, 6.07) is 1.96. The van der Waals surface area contributed by atoms with Gasteiger partial charge in [-0.25, -0.2) is 4.98 Å². The summed E-state index contributed by atoms with van der Waals surface area (Å²) in [7, 11) is 0. The molecule has 0 saturated carbocycles. The maximum atomic E-state index is 5.84. The monoisotopic (exact) mass is 222 g/mol. The van der Waals surface area contributed by atoms with E-state index in [1.807, 2.05) is 13.0 Å². The number of aryl methyl sites for hydroxylation is 1. The van der Waals surface area contributed by atoms with E-state index in [4.69, 9.17) is 10.5 Å². The van der Waals surface area contributed by atoms with Crippen molar-refractivity contribution in [2.75, 3.05) is 0 Å². The Morgan fingerprint density at radius 2 is 2.06 bits per heavy atom. The number of ether oxygens (including phenoxy) is 1. The lowest BCUT2D eigenvalue weighted by atomic mass is 10.1. The Labute approximate surface area is 98.0 Å². The molecule has 0 aliphatic carbocycles. The van der Waals surface area contributed by atoms with Crippen molar-refractivity contribution in [1.29, 1.82) is 0 Å². The Morgan fingerprint density at radius 1 is 1.38 bits per heavy atom. The van der Waals surface area contributed by atoms with Gasteiger partial charge in [0.1, 0.15) is 0 Å². The minimum absolute atomic E-state index is 0.180. The Morgan fingerprint density at radius 3 is 2.62 bits per heavy atom. The predicted octanol–water partition coefficient (Wildman–Crippen LogP) is 2.66. The molecule has 3 nitrogen and oxygen atoms in total. The van der Waals surface area contributed by atoms with Crippen LogP contribution in [0.4, 0.5) is 0 Å². The number of hydrogen-bond acceptors (Lipinski definition) is 3. The van der Waals surface area contributed by atoms with Crippen LogP contribution in [0.3, 0.4) is 0 Å². The highest BCUT2D eigenvalue weighted by molar-refractivity contribution is 5.33. The van der Waals surface area contributed by atoms with Crippen LogP contribution in [0.1, 0.15) is 38.3 Å². The van der Waals surface area contributed by atoms with Crippen LogP contribution in [0.5, 0.6) is 5.88 Å². The molecule has 16 heavy (non-hydrogen) atoms. The molecule has 0 spiro atoms. The van der Waals surface area contributed by atoms with Crippen LogP contribution in [0.25, 0.3) is 0 Å². The van der Waals surface area contributed by atoms with E-state index in [9.17, 15) is 0 Å². The molecular formula is C13H22N2O. The van der Waals surface area contributed by atoms with Crippen LogP contribution in [0.15, 0.2) is 12.3 Å². The third-order valence-corrected chi connectivity index (χ3v) is 2.57. The largest absolute Gasteiger partial charge is 0.474 e. The lowest BCUT2D eigenvalue weighted by Crippen LogP contribution is -2.17. The van der Waals surface area contributed by atoms with E-state index in [2.05, 4.69) is 25.8 Å². The van der Waals surface area contributed by atoms with Gasteiger partial charge in [0.2, 0.25) is 5.88 Å². The molecule has 1 heterocycles. The highest BCUT2D eigenvalue weighted by Gasteiger charge is 2.11. The average molecular weight is 222 g/mol. The number of hydrogen-bond donors (Lipinski definition) is 1. The number of pyridine rings is 1. The second-order valence-electron chi connectivity index (χ2n) is 4.67. The third-order valence-electron chi connectivity index (χ3n) is 2.57. The summed E-state index contributed by atoms with van der Waals surface area (Å²) in [5.74, 6) is 1.32. The van der Waals surface area contributed by atoms with Crippen molar-refractivity contribution in [2.24, 2.45) is 11.7 Å². The van der Waals surface area contributed by atoms with E-state index in [1.54, 1.807) is 6.20 Å². The molecule has 0 aromatic carbocycles. The van der Waals surface area contributed by atoms with Gasteiger partial charge in [0.15, 0.2) is 0 Å². The van der Waals surface area contributed by atoms with Gasteiger partial charge >= 0.3 is 0 Å². The summed E-state index contributed by atoms with van der Waals surface area (Å²) in [6.45, 7) is 8.96. The molecule has 90 valence electrons. The fourth-order valence-electron chi connectivity index (χ4n) is 1.82. The molecule has 1 aromatic heterocycles. The van der Waals surface area contributed by atoms with E-state index in [0.717, 1.165) is 17.5 Å². The summed E-state index contributed by atoms with van der Waals surface area (Å²) in [4.78, 5) is 4.26. The lowest BCUT2D eigenvalue weighted by molar-refractivity contribution is 0.183. The molecule has 0 aliphatic heterocycles. The minimum atomic E-state index is 0.180. The highest BCUT2D eigenvalue weighted by Crippen LogP contribution is 2.20. The van der Waals surface area contributed by atoms with E-state index >= 15 is 0 Å².